The van der Waals surface area contributed by atoms with Gasteiger partial charge in [0.2, 0.25) is 5.91 Å². The van der Waals surface area contributed by atoms with Crippen molar-refractivity contribution in [2.75, 3.05) is 10.7 Å². The molecule has 1 aliphatic rings. The Bertz CT molecular complexity index is 1010. The van der Waals surface area contributed by atoms with Crippen LogP contribution in [-0.4, -0.2) is 21.0 Å². The van der Waals surface area contributed by atoms with Crippen LogP contribution in [0, 0.1) is 6.92 Å². The van der Waals surface area contributed by atoms with Crippen molar-refractivity contribution >= 4 is 23.4 Å². The zero-order valence-electron chi connectivity index (χ0n) is 14.6. The van der Waals surface area contributed by atoms with Gasteiger partial charge in [0.05, 0.1) is 17.1 Å². The molecule has 4 rings (SSSR count). The van der Waals surface area contributed by atoms with E-state index in [0.717, 1.165) is 16.9 Å². The van der Waals surface area contributed by atoms with Crippen LogP contribution in [0.15, 0.2) is 65.5 Å². The summed E-state index contributed by atoms with van der Waals surface area (Å²) in [5.74, 6) is 0.341. The molecule has 6 heteroatoms. The highest BCUT2D eigenvalue weighted by molar-refractivity contribution is 8.00. The summed E-state index contributed by atoms with van der Waals surface area (Å²) in [4.78, 5) is 27.6. The fraction of sp³-hybridized carbons (Fsp3) is 0.200. The third-order valence-electron chi connectivity index (χ3n) is 4.72. The summed E-state index contributed by atoms with van der Waals surface area (Å²) in [6.07, 6.45) is 0. The van der Waals surface area contributed by atoms with Crippen molar-refractivity contribution in [3.05, 3.63) is 82.3 Å². The van der Waals surface area contributed by atoms with Gasteiger partial charge >= 0.3 is 0 Å². The van der Waals surface area contributed by atoms with E-state index in [9.17, 15) is 9.59 Å². The summed E-state index contributed by atoms with van der Waals surface area (Å²) in [5, 5.41) is -0.179. The maximum absolute atomic E-state index is 13.3. The largest absolute Gasteiger partial charge is 0.295 e. The van der Waals surface area contributed by atoms with E-state index < -0.39 is 0 Å². The molecule has 2 aromatic carbocycles. The molecule has 1 aromatic heterocycles. The minimum Gasteiger partial charge on any atom is -0.288 e. The second-order valence-corrected chi connectivity index (χ2v) is 7.32. The van der Waals surface area contributed by atoms with E-state index in [1.807, 2.05) is 79.3 Å². The first-order valence-corrected chi connectivity index (χ1v) is 9.47. The van der Waals surface area contributed by atoms with Crippen LogP contribution in [-0.2, 0) is 11.8 Å². The number of amides is 1. The molecule has 0 saturated carbocycles. The summed E-state index contributed by atoms with van der Waals surface area (Å²) >= 11 is 1.55. The van der Waals surface area contributed by atoms with Crippen molar-refractivity contribution in [1.82, 2.24) is 9.36 Å². The van der Waals surface area contributed by atoms with Crippen LogP contribution in [0.2, 0.25) is 0 Å². The number of carbonyl (C=O) groups excluding carboxylic acids is 1. The number of nitrogens with zero attached hydrogens (tertiary/aromatic N) is 3. The second kappa shape index (κ2) is 6.53. The number of rotatable bonds is 3. The van der Waals surface area contributed by atoms with Gasteiger partial charge in [0.25, 0.3) is 5.56 Å². The molecule has 0 unspecified atom stereocenters. The van der Waals surface area contributed by atoms with Gasteiger partial charge in [-0.15, -0.1) is 11.8 Å². The van der Waals surface area contributed by atoms with E-state index in [0.29, 0.717) is 11.4 Å². The van der Waals surface area contributed by atoms with Gasteiger partial charge < -0.3 is 0 Å². The van der Waals surface area contributed by atoms with Crippen LogP contribution >= 0.6 is 11.8 Å². The highest BCUT2D eigenvalue weighted by atomic mass is 32.2. The van der Waals surface area contributed by atoms with Crippen molar-refractivity contribution in [1.29, 1.82) is 0 Å². The molecular formula is C20H19N3O2S. The lowest BCUT2D eigenvalue weighted by Crippen LogP contribution is -2.33. The number of thioether (sulfide) groups is 1. The van der Waals surface area contributed by atoms with Crippen molar-refractivity contribution in [3.63, 3.8) is 0 Å². The Morgan fingerprint density at radius 3 is 2.23 bits per heavy atom. The molecule has 0 bridgehead atoms. The first-order valence-electron chi connectivity index (χ1n) is 8.42. The molecule has 1 saturated heterocycles. The molecule has 0 spiro atoms. The number of anilines is 1. The van der Waals surface area contributed by atoms with Crippen LogP contribution in [0.3, 0.4) is 0 Å². The Kier molecular flexibility index (Phi) is 4.20. The number of hydrogen-bond donors (Lipinski definition) is 0. The Balaban J connectivity index is 1.88. The molecule has 3 aromatic rings. The SMILES string of the molecule is Cc1c(N2C(=O)CS[C@H]2c2ccccc2)c(=O)n(-c2ccccc2)n1C. The second-order valence-electron chi connectivity index (χ2n) is 6.25. The number of para-hydroxylation sites is 1. The van der Waals surface area contributed by atoms with Gasteiger partial charge in [0, 0.05) is 7.05 Å². The van der Waals surface area contributed by atoms with Crippen LogP contribution < -0.4 is 10.5 Å². The summed E-state index contributed by atoms with van der Waals surface area (Å²) in [7, 11) is 1.85. The molecule has 26 heavy (non-hydrogen) atoms. The summed E-state index contributed by atoms with van der Waals surface area (Å²) in [5.41, 5.74) is 2.87. The van der Waals surface area contributed by atoms with Crippen molar-refractivity contribution in [2.24, 2.45) is 7.05 Å². The number of hydrogen-bond acceptors (Lipinski definition) is 3. The lowest BCUT2D eigenvalue weighted by Gasteiger charge is -2.23. The number of carbonyl (C=O) groups is 1. The topological polar surface area (TPSA) is 47.2 Å². The maximum atomic E-state index is 13.3. The molecule has 0 N–H and O–H groups in total. The molecule has 1 aliphatic heterocycles. The molecule has 1 amide bonds. The molecular weight excluding hydrogens is 346 g/mol. The van der Waals surface area contributed by atoms with Crippen LogP contribution in [0.4, 0.5) is 5.69 Å². The zero-order chi connectivity index (χ0) is 18.3. The molecule has 5 nitrogen and oxygen atoms in total. The van der Waals surface area contributed by atoms with Crippen LogP contribution in [0.5, 0.6) is 0 Å². The third kappa shape index (κ3) is 2.57. The molecule has 132 valence electrons. The summed E-state index contributed by atoms with van der Waals surface area (Å²) in [6, 6.07) is 19.3. The Labute approximate surface area is 155 Å². The van der Waals surface area contributed by atoms with E-state index in [-0.39, 0.29) is 16.8 Å². The van der Waals surface area contributed by atoms with Gasteiger partial charge in [0.1, 0.15) is 11.1 Å². The first-order chi connectivity index (χ1) is 12.6. The Hall–Kier alpha value is -2.73. The molecule has 0 aliphatic carbocycles. The predicted molar refractivity (Wildman–Crippen MR) is 105 cm³/mol. The predicted octanol–water partition coefficient (Wildman–Crippen LogP) is 3.26. The van der Waals surface area contributed by atoms with Gasteiger partial charge in [-0.1, -0.05) is 48.5 Å². The fourth-order valence-electron chi connectivity index (χ4n) is 3.36. The minimum absolute atomic E-state index is 0.0325. The van der Waals surface area contributed by atoms with Gasteiger partial charge in [0.15, 0.2) is 0 Å². The van der Waals surface area contributed by atoms with Crippen LogP contribution in [0.1, 0.15) is 16.6 Å². The Morgan fingerprint density at radius 1 is 0.962 bits per heavy atom. The zero-order valence-corrected chi connectivity index (χ0v) is 15.4. The first kappa shape index (κ1) is 16.7. The summed E-state index contributed by atoms with van der Waals surface area (Å²) < 4.78 is 3.42. The summed E-state index contributed by atoms with van der Waals surface area (Å²) in [6.45, 7) is 1.88. The smallest absolute Gasteiger partial charge is 0.288 e. The highest BCUT2D eigenvalue weighted by Crippen LogP contribution is 2.41. The standard InChI is InChI=1S/C20H19N3O2S/c1-14-18(19(25)23(21(14)2)16-11-7-4-8-12-16)22-17(24)13-26-20(22)15-9-5-3-6-10-15/h3-12,20H,13H2,1-2H3/t20-/m0/s1. The maximum Gasteiger partial charge on any atom is 0.295 e. The van der Waals surface area contributed by atoms with Gasteiger partial charge in [-0.2, -0.15) is 0 Å². The normalized spacial score (nSPS) is 17.1. The van der Waals surface area contributed by atoms with Crippen molar-refractivity contribution < 1.29 is 4.79 Å². The van der Waals surface area contributed by atoms with Gasteiger partial charge in [-0.05, 0) is 24.6 Å². The van der Waals surface area contributed by atoms with Crippen LogP contribution in [0.25, 0.3) is 5.69 Å². The van der Waals surface area contributed by atoms with E-state index in [4.69, 9.17) is 0 Å². The minimum atomic E-state index is -0.179. The van der Waals surface area contributed by atoms with E-state index in [2.05, 4.69) is 0 Å². The lowest BCUT2D eigenvalue weighted by atomic mass is 10.2. The number of aromatic nitrogens is 2. The average Bonchev–Trinajstić information content (AvgIpc) is 3.14. The van der Waals surface area contributed by atoms with Crippen molar-refractivity contribution in [3.8, 4) is 5.69 Å². The average molecular weight is 365 g/mol. The van der Waals surface area contributed by atoms with Gasteiger partial charge in [-0.25, -0.2) is 4.68 Å². The van der Waals surface area contributed by atoms with Gasteiger partial charge in [-0.3, -0.25) is 19.2 Å². The van der Waals surface area contributed by atoms with Crippen molar-refractivity contribution in [2.45, 2.75) is 12.3 Å². The molecule has 1 fully saturated rings. The van der Waals surface area contributed by atoms with E-state index >= 15 is 0 Å². The monoisotopic (exact) mass is 365 g/mol. The quantitative estimate of drug-likeness (QED) is 0.716. The lowest BCUT2D eigenvalue weighted by molar-refractivity contribution is -0.115. The van der Waals surface area contributed by atoms with E-state index in [1.165, 1.54) is 0 Å². The molecule has 2 heterocycles. The van der Waals surface area contributed by atoms with E-state index in [1.54, 1.807) is 21.3 Å². The molecule has 0 radical (unpaired) electrons. The third-order valence-corrected chi connectivity index (χ3v) is 5.93. The fourth-order valence-corrected chi connectivity index (χ4v) is 4.52. The highest BCUT2D eigenvalue weighted by Gasteiger charge is 2.38. The Morgan fingerprint density at radius 2 is 1.58 bits per heavy atom. The number of benzene rings is 2. The molecule has 1 atom stereocenters.